The predicted octanol–water partition coefficient (Wildman–Crippen LogP) is 16.2. The highest BCUT2D eigenvalue weighted by Crippen LogP contribution is 2.46. The second-order valence-corrected chi connectivity index (χ2v) is 15.3. The number of hydrogen-bond acceptors (Lipinski definition) is 2. The van der Waals surface area contributed by atoms with Crippen molar-refractivity contribution in [2.24, 2.45) is 0 Å². The van der Waals surface area contributed by atoms with Crippen LogP contribution in [0.4, 0.5) is 34.1 Å². The first-order valence-electron chi connectivity index (χ1n) is 20.6. The number of para-hydroxylation sites is 2. The normalized spacial score (nSPS) is 11.6. The van der Waals surface area contributed by atoms with Crippen LogP contribution in [0.1, 0.15) is 16.7 Å². The van der Waals surface area contributed by atoms with E-state index in [2.05, 4.69) is 252 Å². The zero-order chi connectivity index (χ0) is 39.8. The molecule has 11 rings (SSSR count). The van der Waals surface area contributed by atoms with E-state index >= 15 is 0 Å². The summed E-state index contributed by atoms with van der Waals surface area (Å²) in [7, 11) is 0. The van der Waals surface area contributed by atoms with Crippen LogP contribution in [0.25, 0.3) is 55.4 Å². The molecule has 282 valence electrons. The number of nitrogens with zero attached hydrogens (tertiary/aromatic N) is 2. The molecule has 0 bridgehead atoms. The predicted molar refractivity (Wildman–Crippen MR) is 255 cm³/mol. The van der Waals surface area contributed by atoms with E-state index in [-0.39, 0.29) is 0 Å². The molecule has 2 nitrogen and oxygen atoms in total. The van der Waals surface area contributed by atoms with Gasteiger partial charge in [-0.2, -0.15) is 0 Å². The molecular weight excluding hydrogens is 725 g/mol. The van der Waals surface area contributed by atoms with Gasteiger partial charge in [0, 0.05) is 34.1 Å². The third-order valence-electron chi connectivity index (χ3n) is 11.8. The van der Waals surface area contributed by atoms with Crippen molar-refractivity contribution in [3.63, 3.8) is 0 Å². The molecule has 0 aromatic heterocycles. The zero-order valence-corrected chi connectivity index (χ0v) is 33.0. The van der Waals surface area contributed by atoms with Gasteiger partial charge in [0.15, 0.2) is 0 Å². The number of fused-ring (bicyclic) bond motifs is 5. The average molecular weight is 765 g/mol. The molecule has 0 heterocycles. The quantitative estimate of drug-likeness (QED) is 0.142. The Morgan fingerprint density at radius 1 is 0.283 bits per heavy atom. The summed E-state index contributed by atoms with van der Waals surface area (Å²) in [6.07, 6.45) is 2.33. The molecule has 0 spiro atoms. The lowest BCUT2D eigenvalue weighted by Crippen LogP contribution is -2.12. The summed E-state index contributed by atoms with van der Waals surface area (Å²) in [5, 5.41) is 5.01. The summed E-state index contributed by atoms with van der Waals surface area (Å²) in [4.78, 5) is 4.67. The first kappa shape index (κ1) is 35.2. The second-order valence-electron chi connectivity index (χ2n) is 15.3. The van der Waals surface area contributed by atoms with Crippen molar-refractivity contribution in [3.05, 3.63) is 253 Å². The van der Waals surface area contributed by atoms with E-state index in [1.165, 1.54) is 60.5 Å². The van der Waals surface area contributed by atoms with E-state index in [1.807, 2.05) is 0 Å². The van der Waals surface area contributed by atoms with E-state index < -0.39 is 0 Å². The monoisotopic (exact) mass is 764 g/mol. The van der Waals surface area contributed by atoms with Gasteiger partial charge in [0.05, 0.1) is 0 Å². The minimum atomic E-state index is 1.08. The summed E-state index contributed by atoms with van der Waals surface area (Å²) >= 11 is 0. The van der Waals surface area contributed by atoms with Crippen LogP contribution >= 0.6 is 0 Å². The van der Waals surface area contributed by atoms with E-state index in [0.717, 1.165) is 39.7 Å². The minimum absolute atomic E-state index is 1.08. The maximum absolute atomic E-state index is 2.36. The Bertz CT molecular complexity index is 3030. The lowest BCUT2D eigenvalue weighted by Gasteiger charge is -2.28. The largest absolute Gasteiger partial charge is 0.311 e. The van der Waals surface area contributed by atoms with Crippen LogP contribution < -0.4 is 9.80 Å². The lowest BCUT2D eigenvalue weighted by atomic mass is 9.92. The molecule has 0 N–H and O–H groups in total. The van der Waals surface area contributed by atoms with E-state index in [0.29, 0.717) is 0 Å². The minimum Gasteiger partial charge on any atom is -0.311 e. The Labute approximate surface area is 351 Å². The molecule has 1 aliphatic carbocycles. The first-order chi connectivity index (χ1) is 29.8. The number of rotatable bonds is 8. The molecule has 0 fully saturated rings. The van der Waals surface area contributed by atoms with Gasteiger partial charge in [0.25, 0.3) is 0 Å². The molecule has 0 atom stereocenters. The highest BCUT2D eigenvalue weighted by atomic mass is 15.2. The molecule has 10 aromatic carbocycles. The fourth-order valence-electron chi connectivity index (χ4n) is 8.99. The molecular formula is C58H40N2. The highest BCUT2D eigenvalue weighted by molar-refractivity contribution is 6.13. The van der Waals surface area contributed by atoms with Crippen molar-refractivity contribution in [1.29, 1.82) is 0 Å². The van der Waals surface area contributed by atoms with Crippen LogP contribution in [0.5, 0.6) is 0 Å². The van der Waals surface area contributed by atoms with Gasteiger partial charge in [0.2, 0.25) is 0 Å². The Morgan fingerprint density at radius 3 is 1.10 bits per heavy atom. The number of hydrogen-bond donors (Lipinski definition) is 0. The average Bonchev–Trinajstić information content (AvgIpc) is 3.63. The fraction of sp³-hybridized carbons (Fsp3) is 0. The summed E-state index contributed by atoms with van der Waals surface area (Å²) in [5.41, 5.74) is 16.6. The topological polar surface area (TPSA) is 6.48 Å². The van der Waals surface area contributed by atoms with Crippen LogP contribution in [0.3, 0.4) is 0 Å². The van der Waals surface area contributed by atoms with Gasteiger partial charge in [-0.25, -0.2) is 0 Å². The van der Waals surface area contributed by atoms with Gasteiger partial charge in [-0.15, -0.1) is 0 Å². The Balaban J connectivity index is 1.01. The first-order valence-corrected chi connectivity index (χ1v) is 20.6. The van der Waals surface area contributed by atoms with E-state index in [1.54, 1.807) is 0 Å². The second kappa shape index (κ2) is 15.1. The lowest BCUT2D eigenvalue weighted by molar-refractivity contribution is 1.25. The van der Waals surface area contributed by atoms with Crippen molar-refractivity contribution >= 4 is 67.3 Å². The molecule has 2 heteroatoms. The molecule has 0 unspecified atom stereocenters. The van der Waals surface area contributed by atoms with E-state index in [4.69, 9.17) is 0 Å². The Hall–Kier alpha value is -7.94. The highest BCUT2D eigenvalue weighted by Gasteiger charge is 2.23. The zero-order valence-electron chi connectivity index (χ0n) is 33.0. The van der Waals surface area contributed by atoms with Gasteiger partial charge in [-0.1, -0.05) is 158 Å². The molecule has 10 aromatic rings. The van der Waals surface area contributed by atoms with Crippen LogP contribution in [-0.4, -0.2) is 0 Å². The van der Waals surface area contributed by atoms with Gasteiger partial charge in [0.1, 0.15) is 0 Å². The molecule has 1 aliphatic rings. The van der Waals surface area contributed by atoms with Crippen LogP contribution in [0, 0.1) is 0 Å². The van der Waals surface area contributed by atoms with Crippen LogP contribution in [0.15, 0.2) is 237 Å². The maximum atomic E-state index is 2.36. The smallest absolute Gasteiger partial charge is 0.0463 e. The molecule has 0 saturated carbocycles. The Kier molecular flexibility index (Phi) is 8.87. The van der Waals surface area contributed by atoms with Gasteiger partial charge in [-0.05, 0) is 151 Å². The molecule has 0 radical (unpaired) electrons. The van der Waals surface area contributed by atoms with Crippen LogP contribution in [0.2, 0.25) is 0 Å². The van der Waals surface area contributed by atoms with Crippen LogP contribution in [-0.2, 0) is 0 Å². The summed E-state index contributed by atoms with van der Waals surface area (Å²) in [5.74, 6) is 0. The SMILES string of the molecule is C(=C1c2ccccc2-c2ccccc21)c1ccc(N(c2ccc(-c3c4ccccc4cc4ccccc34)cc2)c2ccc(N(c3ccccc3)c3ccccc3)cc2)cc1. The summed E-state index contributed by atoms with van der Waals surface area (Å²) < 4.78 is 0. The molecule has 60 heavy (non-hydrogen) atoms. The van der Waals surface area contributed by atoms with Crippen molar-refractivity contribution in [2.75, 3.05) is 9.80 Å². The van der Waals surface area contributed by atoms with Gasteiger partial charge < -0.3 is 9.80 Å². The standard InChI is InChI=1S/C58H40N2/c1-3-17-45(18-4-1)59(46-19-5-2-6-20-46)49-35-37-50(38-36-49)60(47-31-27-41(28-32-47)39-57-55-25-13-11-23-53(55)54-24-12-14-26-56(54)57)48-33-29-42(30-34-48)58-51-21-9-7-15-43(51)40-44-16-8-10-22-52(44)58/h1-40H. The number of anilines is 6. The van der Waals surface area contributed by atoms with Crippen molar-refractivity contribution < 1.29 is 0 Å². The molecule has 0 aliphatic heterocycles. The van der Waals surface area contributed by atoms with Crippen molar-refractivity contribution in [3.8, 4) is 22.3 Å². The van der Waals surface area contributed by atoms with Gasteiger partial charge in [-0.3, -0.25) is 0 Å². The maximum Gasteiger partial charge on any atom is 0.0463 e. The van der Waals surface area contributed by atoms with E-state index in [9.17, 15) is 0 Å². The molecule has 0 saturated heterocycles. The molecule has 0 amide bonds. The third-order valence-corrected chi connectivity index (χ3v) is 11.8. The summed E-state index contributed by atoms with van der Waals surface area (Å²) in [6, 6.07) is 85.4. The summed E-state index contributed by atoms with van der Waals surface area (Å²) in [6.45, 7) is 0. The van der Waals surface area contributed by atoms with Crippen molar-refractivity contribution in [2.45, 2.75) is 0 Å². The Morgan fingerprint density at radius 2 is 0.633 bits per heavy atom. The fourth-order valence-corrected chi connectivity index (χ4v) is 8.99. The number of benzene rings is 10. The van der Waals surface area contributed by atoms with Gasteiger partial charge >= 0.3 is 0 Å². The third kappa shape index (κ3) is 6.32. The van der Waals surface area contributed by atoms with Crippen molar-refractivity contribution in [1.82, 2.24) is 0 Å².